The monoisotopic (exact) mass is 401 g/mol. The number of hydrogen-bond acceptors (Lipinski definition) is 2. The molecule has 1 aromatic heterocycles. The van der Waals surface area contributed by atoms with E-state index in [0.717, 1.165) is 17.4 Å². The maximum atomic E-state index is 13.4. The standard InChI is InChI=1S/C21H22F3N5/c1-14(15-3-8-19(23)20(24)13-15)27-21(25-2)26-11-9-17-10-12-29(28-17)18-6-4-16(22)5-7-18/h3-8,10,12-14H,9,11H2,1-2H3,(H2,25,26,27). The summed E-state index contributed by atoms with van der Waals surface area (Å²) in [6.07, 6.45) is 2.47. The van der Waals surface area contributed by atoms with Crippen LogP contribution in [0.4, 0.5) is 13.2 Å². The lowest BCUT2D eigenvalue weighted by molar-refractivity contribution is 0.504. The molecule has 1 heterocycles. The van der Waals surface area contributed by atoms with Crippen LogP contribution in [0.2, 0.25) is 0 Å². The SMILES string of the molecule is CN=C(NCCc1ccn(-c2ccc(F)cc2)n1)NC(C)c1ccc(F)c(F)c1. The molecule has 0 radical (unpaired) electrons. The zero-order chi connectivity index (χ0) is 20.8. The van der Waals surface area contributed by atoms with E-state index in [1.54, 1.807) is 23.9 Å². The Morgan fingerprint density at radius 2 is 1.83 bits per heavy atom. The third kappa shape index (κ3) is 5.37. The van der Waals surface area contributed by atoms with Gasteiger partial charge in [-0.1, -0.05) is 6.07 Å². The van der Waals surface area contributed by atoms with Crippen LogP contribution in [0.3, 0.4) is 0 Å². The molecule has 29 heavy (non-hydrogen) atoms. The zero-order valence-electron chi connectivity index (χ0n) is 16.2. The molecule has 3 aromatic rings. The Labute approximate surface area is 167 Å². The number of benzene rings is 2. The van der Waals surface area contributed by atoms with Crippen molar-refractivity contribution in [3.8, 4) is 5.69 Å². The van der Waals surface area contributed by atoms with Crippen molar-refractivity contribution in [1.82, 2.24) is 20.4 Å². The third-order valence-electron chi connectivity index (χ3n) is 4.43. The molecule has 0 aliphatic rings. The van der Waals surface area contributed by atoms with Crippen molar-refractivity contribution in [2.24, 2.45) is 4.99 Å². The van der Waals surface area contributed by atoms with Gasteiger partial charge in [-0.15, -0.1) is 0 Å². The van der Waals surface area contributed by atoms with E-state index >= 15 is 0 Å². The Bertz CT molecular complexity index is 982. The normalized spacial score (nSPS) is 12.7. The van der Waals surface area contributed by atoms with Crippen molar-refractivity contribution < 1.29 is 13.2 Å². The minimum Gasteiger partial charge on any atom is -0.356 e. The van der Waals surface area contributed by atoms with Crippen molar-refractivity contribution in [2.75, 3.05) is 13.6 Å². The number of aromatic nitrogens is 2. The summed E-state index contributed by atoms with van der Waals surface area (Å²) in [6.45, 7) is 2.41. The van der Waals surface area contributed by atoms with Crippen LogP contribution in [-0.4, -0.2) is 29.3 Å². The largest absolute Gasteiger partial charge is 0.356 e. The van der Waals surface area contributed by atoms with Crippen LogP contribution in [0.25, 0.3) is 5.69 Å². The number of nitrogens with zero attached hydrogens (tertiary/aromatic N) is 3. The van der Waals surface area contributed by atoms with Gasteiger partial charge in [-0.25, -0.2) is 17.9 Å². The molecule has 0 fully saturated rings. The number of aliphatic imine (C=N–C) groups is 1. The molecule has 8 heteroatoms. The number of guanidine groups is 1. The minimum atomic E-state index is -0.879. The van der Waals surface area contributed by atoms with Crippen molar-refractivity contribution in [1.29, 1.82) is 0 Å². The highest BCUT2D eigenvalue weighted by molar-refractivity contribution is 5.80. The number of nitrogens with one attached hydrogen (secondary N) is 2. The fourth-order valence-electron chi connectivity index (χ4n) is 2.81. The van der Waals surface area contributed by atoms with E-state index in [0.29, 0.717) is 24.5 Å². The third-order valence-corrected chi connectivity index (χ3v) is 4.43. The van der Waals surface area contributed by atoms with Gasteiger partial charge in [-0.2, -0.15) is 5.10 Å². The Kier molecular flexibility index (Phi) is 6.54. The minimum absolute atomic E-state index is 0.256. The van der Waals surface area contributed by atoms with Crippen LogP contribution in [0, 0.1) is 17.5 Å². The summed E-state index contributed by atoms with van der Waals surface area (Å²) in [5.74, 6) is -1.50. The average Bonchev–Trinajstić information content (AvgIpc) is 3.18. The van der Waals surface area contributed by atoms with Crippen LogP contribution in [0.5, 0.6) is 0 Å². The molecule has 2 aromatic carbocycles. The fourth-order valence-corrected chi connectivity index (χ4v) is 2.81. The van der Waals surface area contributed by atoms with Crippen molar-refractivity contribution in [3.05, 3.63) is 83.4 Å². The summed E-state index contributed by atoms with van der Waals surface area (Å²) in [4.78, 5) is 4.15. The summed E-state index contributed by atoms with van der Waals surface area (Å²) >= 11 is 0. The van der Waals surface area contributed by atoms with Crippen LogP contribution < -0.4 is 10.6 Å². The summed E-state index contributed by atoms with van der Waals surface area (Å²) in [5.41, 5.74) is 2.26. The number of rotatable bonds is 6. The van der Waals surface area contributed by atoms with Gasteiger partial charge in [0.25, 0.3) is 0 Å². The van der Waals surface area contributed by atoms with Crippen LogP contribution in [0.15, 0.2) is 59.7 Å². The highest BCUT2D eigenvalue weighted by Crippen LogP contribution is 2.15. The maximum Gasteiger partial charge on any atom is 0.191 e. The summed E-state index contributed by atoms with van der Waals surface area (Å²) in [7, 11) is 1.64. The molecular weight excluding hydrogens is 379 g/mol. The first-order valence-corrected chi connectivity index (χ1v) is 9.19. The van der Waals surface area contributed by atoms with Gasteiger partial charge in [-0.05, 0) is 55.0 Å². The van der Waals surface area contributed by atoms with Gasteiger partial charge in [0.15, 0.2) is 17.6 Å². The molecule has 0 aliphatic carbocycles. The molecule has 152 valence electrons. The molecule has 0 amide bonds. The van der Waals surface area contributed by atoms with E-state index in [1.807, 2.05) is 19.2 Å². The highest BCUT2D eigenvalue weighted by atomic mass is 19.2. The Morgan fingerprint density at radius 3 is 2.52 bits per heavy atom. The molecule has 1 atom stereocenters. The molecule has 0 spiro atoms. The Hall–Kier alpha value is -3.29. The van der Waals surface area contributed by atoms with Gasteiger partial charge in [0.1, 0.15) is 5.82 Å². The van der Waals surface area contributed by atoms with Gasteiger partial charge in [-0.3, -0.25) is 4.99 Å². The number of halogens is 3. The lowest BCUT2D eigenvalue weighted by atomic mass is 10.1. The van der Waals surface area contributed by atoms with Crippen LogP contribution in [0.1, 0.15) is 24.2 Å². The smallest absolute Gasteiger partial charge is 0.191 e. The summed E-state index contributed by atoms with van der Waals surface area (Å²) < 4.78 is 41.2. The first kappa shape index (κ1) is 20.4. The molecule has 0 bridgehead atoms. The van der Waals surface area contributed by atoms with Gasteiger partial charge < -0.3 is 10.6 Å². The molecule has 1 unspecified atom stereocenters. The van der Waals surface area contributed by atoms with Crippen molar-refractivity contribution >= 4 is 5.96 Å². The second kappa shape index (κ2) is 9.27. The molecule has 3 rings (SSSR count). The lowest BCUT2D eigenvalue weighted by Crippen LogP contribution is -2.39. The van der Waals surface area contributed by atoms with Gasteiger partial charge >= 0.3 is 0 Å². The summed E-state index contributed by atoms with van der Waals surface area (Å²) in [5, 5.41) is 10.8. The molecule has 0 aliphatic heterocycles. The van der Waals surface area contributed by atoms with Crippen LogP contribution >= 0.6 is 0 Å². The average molecular weight is 401 g/mol. The predicted octanol–water partition coefficient (Wildman–Crippen LogP) is 3.76. The molecule has 5 nitrogen and oxygen atoms in total. The molecular formula is C21H22F3N5. The Morgan fingerprint density at radius 1 is 1.07 bits per heavy atom. The van der Waals surface area contributed by atoms with E-state index in [1.165, 1.54) is 24.3 Å². The van der Waals surface area contributed by atoms with E-state index in [4.69, 9.17) is 0 Å². The first-order valence-electron chi connectivity index (χ1n) is 9.19. The molecule has 0 saturated carbocycles. The first-order chi connectivity index (χ1) is 14.0. The van der Waals surface area contributed by atoms with E-state index in [9.17, 15) is 13.2 Å². The van der Waals surface area contributed by atoms with E-state index < -0.39 is 11.6 Å². The molecule has 0 saturated heterocycles. The predicted molar refractivity (Wildman–Crippen MR) is 106 cm³/mol. The fraction of sp³-hybridized carbons (Fsp3) is 0.238. The van der Waals surface area contributed by atoms with Crippen molar-refractivity contribution in [2.45, 2.75) is 19.4 Å². The van der Waals surface area contributed by atoms with Gasteiger partial charge in [0, 0.05) is 26.2 Å². The van der Waals surface area contributed by atoms with Gasteiger partial charge in [0.2, 0.25) is 0 Å². The van der Waals surface area contributed by atoms with Gasteiger partial charge in [0.05, 0.1) is 17.4 Å². The molecule has 2 N–H and O–H groups in total. The lowest BCUT2D eigenvalue weighted by Gasteiger charge is -2.18. The van der Waals surface area contributed by atoms with Crippen molar-refractivity contribution in [3.63, 3.8) is 0 Å². The van der Waals surface area contributed by atoms with E-state index in [2.05, 4.69) is 20.7 Å². The topological polar surface area (TPSA) is 54.2 Å². The Balaban J connectivity index is 1.52. The highest BCUT2D eigenvalue weighted by Gasteiger charge is 2.11. The summed E-state index contributed by atoms with van der Waals surface area (Å²) in [6, 6.07) is 11.6. The number of hydrogen-bond donors (Lipinski definition) is 2. The second-order valence-corrected chi connectivity index (χ2v) is 6.52. The zero-order valence-corrected chi connectivity index (χ0v) is 16.2. The second-order valence-electron chi connectivity index (χ2n) is 6.52. The van der Waals surface area contributed by atoms with E-state index in [-0.39, 0.29) is 11.9 Å². The maximum absolute atomic E-state index is 13.4. The van der Waals surface area contributed by atoms with Crippen LogP contribution in [-0.2, 0) is 6.42 Å². The quantitative estimate of drug-likeness (QED) is 0.489.